The minimum Gasteiger partial charge on any atom is -0.756 e. The van der Waals surface area contributed by atoms with Crippen LogP contribution in [0.15, 0.2) is 0 Å². The van der Waals surface area contributed by atoms with Crippen LogP contribution in [0, 0.1) is 0 Å². The van der Waals surface area contributed by atoms with E-state index in [1.165, 1.54) is 89.9 Å². The maximum atomic E-state index is 11.5. The van der Waals surface area contributed by atoms with Gasteiger partial charge in [0.2, 0.25) is 0 Å². The molecule has 31 heavy (non-hydrogen) atoms. The first-order chi connectivity index (χ1) is 15.1. The smallest absolute Gasteiger partial charge is 0.268 e. The molecule has 0 aliphatic carbocycles. The molecule has 1 fully saturated rings. The zero-order chi connectivity index (χ0) is 22.6. The van der Waals surface area contributed by atoms with Crippen molar-refractivity contribution in [3.63, 3.8) is 0 Å². The van der Waals surface area contributed by atoms with Crippen molar-refractivity contribution in [2.45, 2.75) is 122 Å². The molecular weight excluding hydrogens is 417 g/mol. The summed E-state index contributed by atoms with van der Waals surface area (Å²) >= 11 is 0. The van der Waals surface area contributed by atoms with Crippen molar-refractivity contribution >= 4 is 7.82 Å². The molecule has 0 bridgehead atoms. The van der Waals surface area contributed by atoms with Gasteiger partial charge in [-0.25, -0.2) is 0 Å². The van der Waals surface area contributed by atoms with Gasteiger partial charge in [-0.3, -0.25) is 4.57 Å². The molecule has 0 saturated carbocycles. The van der Waals surface area contributed by atoms with E-state index in [-0.39, 0.29) is 25.6 Å². The summed E-state index contributed by atoms with van der Waals surface area (Å²) in [6.07, 6.45) is 20.4. The fraction of sp³-hybridized carbons (Fsp3) is 1.00. The van der Waals surface area contributed by atoms with Gasteiger partial charge in [-0.15, -0.1) is 0 Å². The first-order valence-electron chi connectivity index (χ1n) is 12.7. The van der Waals surface area contributed by atoms with E-state index < -0.39 is 7.82 Å². The quantitative estimate of drug-likeness (QED) is 0.183. The highest BCUT2D eigenvalue weighted by atomic mass is 31.2. The Labute approximate surface area is 190 Å². The number of rotatable bonds is 22. The van der Waals surface area contributed by atoms with Gasteiger partial charge in [0, 0.05) is 0 Å². The minimum atomic E-state index is -4.26. The Morgan fingerprint density at radius 2 is 1.39 bits per heavy atom. The van der Waals surface area contributed by atoms with Crippen molar-refractivity contribution < 1.29 is 33.7 Å². The van der Waals surface area contributed by atoms with E-state index in [1.54, 1.807) is 0 Å². The lowest BCUT2D eigenvalue weighted by Gasteiger charge is -2.23. The van der Waals surface area contributed by atoms with Gasteiger partial charge in [0.05, 0.1) is 19.8 Å². The van der Waals surface area contributed by atoms with Gasteiger partial charge < -0.3 is 29.1 Å². The van der Waals surface area contributed by atoms with Crippen LogP contribution in [0.25, 0.3) is 0 Å². The average Bonchev–Trinajstić information content (AvgIpc) is 3.21. The van der Waals surface area contributed by atoms with Crippen LogP contribution in [-0.4, -0.2) is 38.8 Å². The number of hydrogen-bond acceptors (Lipinski definition) is 6. The van der Waals surface area contributed by atoms with Crippen LogP contribution in [-0.2, 0) is 23.1 Å². The largest absolute Gasteiger partial charge is 0.756 e. The SMILES string of the molecule is CCCCCCCCCCCCCCCCCC1OCC(COP(=O)([O-])OCC[NH3+])O1. The Hall–Kier alpha value is -0.0100. The van der Waals surface area contributed by atoms with Gasteiger partial charge in [0.25, 0.3) is 7.82 Å². The van der Waals surface area contributed by atoms with Crippen molar-refractivity contribution in [2.24, 2.45) is 0 Å². The first kappa shape index (κ1) is 29.0. The van der Waals surface area contributed by atoms with Crippen LogP contribution >= 0.6 is 7.82 Å². The molecule has 3 N–H and O–H groups in total. The van der Waals surface area contributed by atoms with Crippen LogP contribution < -0.4 is 10.6 Å². The van der Waals surface area contributed by atoms with Gasteiger partial charge >= 0.3 is 0 Å². The molecule has 0 amide bonds. The third kappa shape index (κ3) is 17.2. The minimum absolute atomic E-state index is 0.0324. The van der Waals surface area contributed by atoms with Crippen LogP contribution in [0.3, 0.4) is 0 Å². The molecule has 0 aromatic carbocycles. The van der Waals surface area contributed by atoms with Crippen molar-refractivity contribution in [1.82, 2.24) is 0 Å². The third-order valence-electron chi connectivity index (χ3n) is 5.67. The molecule has 3 unspecified atom stereocenters. The fourth-order valence-corrected chi connectivity index (χ4v) is 4.59. The second kappa shape index (κ2) is 19.5. The summed E-state index contributed by atoms with van der Waals surface area (Å²) in [5.74, 6) is 0. The van der Waals surface area contributed by atoms with Crippen molar-refractivity contribution in [3.8, 4) is 0 Å². The highest BCUT2D eigenvalue weighted by Gasteiger charge is 2.27. The van der Waals surface area contributed by atoms with Crippen molar-refractivity contribution in [3.05, 3.63) is 0 Å². The molecule has 3 atom stereocenters. The molecular formula is C23H48NO6P. The molecule has 1 heterocycles. The van der Waals surface area contributed by atoms with Crippen molar-refractivity contribution in [2.75, 3.05) is 26.4 Å². The average molecular weight is 466 g/mol. The summed E-state index contributed by atoms with van der Waals surface area (Å²) in [7, 11) is -4.26. The standard InChI is InChI=1S/C23H48NO6P/c1-2-3-4-5-6-7-8-9-10-11-12-13-14-15-16-17-23-27-20-22(30-23)21-29-31(25,26)28-19-18-24/h22-23H,2-21,24H2,1H3,(H,25,26). The third-order valence-corrected chi connectivity index (χ3v) is 6.63. The summed E-state index contributed by atoms with van der Waals surface area (Å²) < 4.78 is 32.3. The molecule has 0 aromatic rings. The van der Waals surface area contributed by atoms with E-state index in [0.29, 0.717) is 13.2 Å². The highest BCUT2D eigenvalue weighted by molar-refractivity contribution is 7.45. The fourth-order valence-electron chi connectivity index (χ4n) is 3.82. The molecule has 7 nitrogen and oxygen atoms in total. The summed E-state index contributed by atoms with van der Waals surface area (Å²) in [6, 6.07) is 0. The van der Waals surface area contributed by atoms with E-state index in [2.05, 4.69) is 17.2 Å². The van der Waals surface area contributed by atoms with E-state index in [1.807, 2.05) is 0 Å². The lowest BCUT2D eigenvalue weighted by atomic mass is 10.0. The Bertz CT molecular complexity index is 454. The molecule has 0 radical (unpaired) electrons. The Morgan fingerprint density at radius 3 is 1.90 bits per heavy atom. The Kier molecular flexibility index (Phi) is 18.2. The highest BCUT2D eigenvalue weighted by Crippen LogP contribution is 2.38. The van der Waals surface area contributed by atoms with Crippen LogP contribution in [0.5, 0.6) is 0 Å². The number of ether oxygens (including phenoxy) is 2. The zero-order valence-electron chi connectivity index (χ0n) is 19.9. The maximum Gasteiger partial charge on any atom is 0.268 e. The molecule has 186 valence electrons. The lowest BCUT2D eigenvalue weighted by Crippen LogP contribution is -2.52. The van der Waals surface area contributed by atoms with Crippen LogP contribution in [0.4, 0.5) is 0 Å². The first-order valence-corrected chi connectivity index (χ1v) is 14.2. The zero-order valence-corrected chi connectivity index (χ0v) is 20.8. The molecule has 1 rings (SSSR count). The number of unbranched alkanes of at least 4 members (excludes halogenated alkanes) is 14. The molecule has 0 aromatic heterocycles. The number of phosphoric ester groups is 1. The summed E-state index contributed by atoms with van der Waals surface area (Å²) in [5, 5.41) is 0. The second-order valence-electron chi connectivity index (χ2n) is 8.69. The normalized spacial score (nSPS) is 20.9. The number of hydrogen-bond donors (Lipinski definition) is 1. The molecule has 1 aliphatic heterocycles. The Morgan fingerprint density at radius 1 is 0.871 bits per heavy atom. The number of quaternary nitrogens is 1. The van der Waals surface area contributed by atoms with E-state index in [0.717, 1.165) is 12.8 Å². The van der Waals surface area contributed by atoms with Crippen molar-refractivity contribution in [1.29, 1.82) is 0 Å². The monoisotopic (exact) mass is 465 g/mol. The van der Waals surface area contributed by atoms with Crippen LogP contribution in [0.1, 0.15) is 110 Å². The second-order valence-corrected chi connectivity index (χ2v) is 10.1. The Balaban J connectivity index is 1.84. The molecule has 1 saturated heterocycles. The van der Waals surface area contributed by atoms with Gasteiger partial charge in [-0.1, -0.05) is 96.8 Å². The van der Waals surface area contributed by atoms with Gasteiger partial charge in [0.1, 0.15) is 12.7 Å². The van der Waals surface area contributed by atoms with Gasteiger partial charge in [-0.2, -0.15) is 0 Å². The predicted octanol–water partition coefficient (Wildman–Crippen LogP) is 4.73. The number of phosphoric acid groups is 1. The van der Waals surface area contributed by atoms with E-state index in [9.17, 15) is 9.46 Å². The maximum absolute atomic E-state index is 11.5. The predicted molar refractivity (Wildman–Crippen MR) is 121 cm³/mol. The summed E-state index contributed by atoms with van der Waals surface area (Å²) in [6.45, 7) is 2.98. The lowest BCUT2D eigenvalue weighted by molar-refractivity contribution is -0.373. The van der Waals surface area contributed by atoms with Crippen LogP contribution in [0.2, 0.25) is 0 Å². The molecule has 1 aliphatic rings. The molecule has 8 heteroatoms. The van der Waals surface area contributed by atoms with E-state index >= 15 is 0 Å². The van der Waals surface area contributed by atoms with E-state index in [4.69, 9.17) is 14.0 Å². The van der Waals surface area contributed by atoms with Gasteiger partial charge in [-0.05, 0) is 12.8 Å². The summed E-state index contributed by atoms with van der Waals surface area (Å²) in [5.41, 5.74) is 3.53. The van der Waals surface area contributed by atoms with Gasteiger partial charge in [0.15, 0.2) is 6.29 Å². The summed E-state index contributed by atoms with van der Waals surface area (Å²) in [4.78, 5) is 11.5. The molecule has 0 spiro atoms. The topological polar surface area (TPSA) is 105 Å².